The maximum atomic E-state index is 2.30. The van der Waals surface area contributed by atoms with Gasteiger partial charge in [0.25, 0.3) is 0 Å². The standard InChI is InChI=1S/C25H22P.2ClH.H3N/c1-5-13-22(14-6-1)21-26(23-15-7-2-8-16-23,24-17-9-3-10-18-24)25-19-11-4-12-20-25;;;/h1-20H,21H2;2*1H;1H3/q+1;;;/p-1. The van der Waals surface area contributed by atoms with E-state index in [0.717, 1.165) is 6.16 Å². The van der Waals surface area contributed by atoms with E-state index < -0.39 is 7.26 Å². The fraction of sp³-hybridized carbons (Fsp3) is 0.0400. The molecule has 4 heteroatoms. The second kappa shape index (κ2) is 11.8. The van der Waals surface area contributed by atoms with Crippen LogP contribution in [-0.2, 0) is 6.16 Å². The third-order valence-corrected chi connectivity index (χ3v) is 9.23. The minimum absolute atomic E-state index is 0. The molecule has 0 aliphatic carbocycles. The van der Waals surface area contributed by atoms with E-state index in [1.165, 1.54) is 21.5 Å². The van der Waals surface area contributed by atoms with Gasteiger partial charge in [-0.15, -0.1) is 0 Å². The molecule has 0 bridgehead atoms. The molecule has 0 aromatic heterocycles. The molecule has 0 radical (unpaired) electrons. The summed E-state index contributed by atoms with van der Waals surface area (Å²) in [7, 11) is -1.78. The Labute approximate surface area is 186 Å². The highest BCUT2D eigenvalue weighted by atomic mass is 35.5. The lowest BCUT2D eigenvalue weighted by Crippen LogP contribution is -3.00. The van der Waals surface area contributed by atoms with Gasteiger partial charge < -0.3 is 31.0 Å². The Morgan fingerprint density at radius 2 is 0.690 bits per heavy atom. The quantitative estimate of drug-likeness (QED) is 0.408. The normalized spacial score (nSPS) is 10.1. The molecule has 4 N–H and O–H groups in total. The van der Waals surface area contributed by atoms with Gasteiger partial charge in [-0.1, -0.05) is 84.9 Å². The second-order valence-electron chi connectivity index (χ2n) is 6.46. The van der Waals surface area contributed by atoms with Gasteiger partial charge in [-0.3, -0.25) is 0 Å². The van der Waals surface area contributed by atoms with Crippen LogP contribution in [0.5, 0.6) is 0 Å². The average molecular weight is 442 g/mol. The number of hydrogen-bond acceptors (Lipinski definition) is 0. The highest BCUT2D eigenvalue weighted by Crippen LogP contribution is 2.58. The molecule has 0 saturated carbocycles. The van der Waals surface area contributed by atoms with Crippen LogP contribution in [0.15, 0.2) is 121 Å². The molecule has 0 aliphatic heterocycles. The van der Waals surface area contributed by atoms with Crippen molar-refractivity contribution in [3.63, 3.8) is 0 Å². The van der Waals surface area contributed by atoms with Crippen molar-refractivity contribution in [2.45, 2.75) is 6.16 Å². The van der Waals surface area contributed by atoms with Gasteiger partial charge in [0.1, 0.15) is 23.2 Å². The van der Waals surface area contributed by atoms with E-state index in [2.05, 4.69) is 121 Å². The summed E-state index contributed by atoms with van der Waals surface area (Å²) >= 11 is 0. The maximum absolute atomic E-state index is 2.30. The first-order valence-corrected chi connectivity index (χ1v) is 11.0. The van der Waals surface area contributed by atoms with Gasteiger partial charge in [0.15, 0.2) is 0 Å². The lowest BCUT2D eigenvalue weighted by Gasteiger charge is -2.27. The molecule has 0 spiro atoms. The zero-order valence-corrected chi connectivity index (χ0v) is 18.9. The minimum Gasteiger partial charge on any atom is -1.00 e. The van der Waals surface area contributed by atoms with Gasteiger partial charge in [-0.05, 0) is 42.0 Å². The topological polar surface area (TPSA) is 36.5 Å². The van der Waals surface area contributed by atoms with Crippen molar-refractivity contribution >= 4 is 23.2 Å². The number of rotatable bonds is 5. The van der Waals surface area contributed by atoms with E-state index in [-0.39, 0.29) is 31.0 Å². The van der Waals surface area contributed by atoms with Crippen molar-refractivity contribution in [2.24, 2.45) is 0 Å². The molecule has 29 heavy (non-hydrogen) atoms. The van der Waals surface area contributed by atoms with Crippen LogP contribution in [0.3, 0.4) is 0 Å². The molecule has 0 fully saturated rings. The lowest BCUT2D eigenvalue weighted by atomic mass is 10.2. The number of quaternary nitrogens is 1. The van der Waals surface area contributed by atoms with Gasteiger partial charge in [0, 0.05) is 0 Å². The smallest absolute Gasteiger partial charge is 0.116 e. The summed E-state index contributed by atoms with van der Waals surface area (Å²) in [4.78, 5) is 0. The first-order valence-electron chi connectivity index (χ1n) is 8.98. The number of benzene rings is 4. The second-order valence-corrected chi connectivity index (χ2v) is 9.95. The first-order chi connectivity index (χ1) is 12.9. The fourth-order valence-corrected chi connectivity index (χ4v) is 7.87. The van der Waals surface area contributed by atoms with Crippen LogP contribution in [0.25, 0.3) is 0 Å². The van der Waals surface area contributed by atoms with E-state index in [1.54, 1.807) is 0 Å². The number of hydrogen-bond donors (Lipinski definition) is 1. The van der Waals surface area contributed by atoms with E-state index >= 15 is 0 Å². The largest absolute Gasteiger partial charge is 1.00 e. The molecule has 0 heterocycles. The van der Waals surface area contributed by atoms with Crippen LogP contribution in [-0.4, -0.2) is 0 Å². The lowest BCUT2D eigenvalue weighted by molar-refractivity contribution is -0.001000. The molecular formula is C25H26Cl2NP. The van der Waals surface area contributed by atoms with Crippen LogP contribution in [0, 0.1) is 0 Å². The third-order valence-electron chi connectivity index (χ3n) is 4.85. The SMILES string of the molecule is [Cl-].[Cl-].[NH4+].c1ccc(C[P+](c2ccccc2)(c2ccccc2)c2ccccc2)cc1. The van der Waals surface area contributed by atoms with E-state index in [9.17, 15) is 0 Å². The third kappa shape index (κ3) is 5.26. The van der Waals surface area contributed by atoms with Crippen molar-refractivity contribution in [3.05, 3.63) is 127 Å². The zero-order valence-electron chi connectivity index (χ0n) is 16.5. The molecule has 0 unspecified atom stereocenters. The van der Waals surface area contributed by atoms with Gasteiger partial charge in [-0.25, -0.2) is 0 Å². The molecular weight excluding hydrogens is 416 g/mol. The van der Waals surface area contributed by atoms with Gasteiger partial charge in [0.05, 0.1) is 6.16 Å². The summed E-state index contributed by atoms with van der Waals surface area (Å²) in [5.41, 5.74) is 1.39. The molecule has 4 aromatic rings. The van der Waals surface area contributed by atoms with E-state index in [4.69, 9.17) is 0 Å². The van der Waals surface area contributed by atoms with Gasteiger partial charge in [0.2, 0.25) is 0 Å². The van der Waals surface area contributed by atoms with Crippen molar-refractivity contribution in [1.29, 1.82) is 0 Å². The highest BCUT2D eigenvalue weighted by Gasteiger charge is 2.45. The molecule has 0 atom stereocenters. The fourth-order valence-electron chi connectivity index (χ4n) is 3.63. The van der Waals surface area contributed by atoms with Crippen LogP contribution < -0.4 is 46.9 Å². The predicted molar refractivity (Wildman–Crippen MR) is 121 cm³/mol. The van der Waals surface area contributed by atoms with Gasteiger partial charge >= 0.3 is 0 Å². The first kappa shape index (κ1) is 24.9. The molecule has 0 amide bonds. The van der Waals surface area contributed by atoms with Crippen LogP contribution in [0.4, 0.5) is 0 Å². The summed E-state index contributed by atoms with van der Waals surface area (Å²) in [5, 5.41) is 4.30. The van der Waals surface area contributed by atoms with Gasteiger partial charge in [-0.2, -0.15) is 0 Å². The monoisotopic (exact) mass is 441 g/mol. The zero-order chi connectivity index (χ0) is 17.7. The Morgan fingerprint density at radius 3 is 1.00 bits per heavy atom. The number of halogens is 2. The van der Waals surface area contributed by atoms with Crippen molar-refractivity contribution < 1.29 is 24.8 Å². The van der Waals surface area contributed by atoms with E-state index in [0.29, 0.717) is 0 Å². The molecule has 0 aliphatic rings. The molecule has 4 aromatic carbocycles. The highest BCUT2D eigenvalue weighted by molar-refractivity contribution is 7.95. The molecule has 1 nitrogen and oxygen atoms in total. The Bertz CT molecular complexity index is 852. The van der Waals surface area contributed by atoms with Crippen LogP contribution in [0.2, 0.25) is 0 Å². The van der Waals surface area contributed by atoms with Crippen molar-refractivity contribution in [3.8, 4) is 0 Å². The van der Waals surface area contributed by atoms with E-state index in [1.807, 2.05) is 0 Å². The molecule has 150 valence electrons. The average Bonchev–Trinajstić information content (AvgIpc) is 2.75. The summed E-state index contributed by atoms with van der Waals surface area (Å²) < 4.78 is 0. The van der Waals surface area contributed by atoms with Crippen molar-refractivity contribution in [2.75, 3.05) is 0 Å². The Morgan fingerprint density at radius 1 is 0.414 bits per heavy atom. The van der Waals surface area contributed by atoms with Crippen LogP contribution >= 0.6 is 7.26 Å². The maximum Gasteiger partial charge on any atom is 0.116 e. The Hall–Kier alpha value is -2.15. The predicted octanol–water partition coefficient (Wildman–Crippen LogP) is -0.435. The Balaban J connectivity index is 0.00000140. The van der Waals surface area contributed by atoms with Crippen LogP contribution in [0.1, 0.15) is 5.56 Å². The molecule has 4 rings (SSSR count). The molecule has 0 saturated heterocycles. The summed E-state index contributed by atoms with van der Waals surface area (Å²) in [6.45, 7) is 0. The summed E-state index contributed by atoms with van der Waals surface area (Å²) in [5.74, 6) is 0. The van der Waals surface area contributed by atoms with Crippen molar-refractivity contribution in [1.82, 2.24) is 6.15 Å². The summed E-state index contributed by atoms with van der Waals surface area (Å²) in [6, 6.07) is 44.0. The minimum atomic E-state index is -1.78. The summed E-state index contributed by atoms with van der Waals surface area (Å²) in [6.07, 6.45) is 1.03. The Kier molecular flexibility index (Phi) is 10.1.